The third-order valence-corrected chi connectivity index (χ3v) is 6.53. The molecule has 2 N–H and O–H groups in total. The summed E-state index contributed by atoms with van der Waals surface area (Å²) in [5.74, 6) is 5.18. The van der Waals surface area contributed by atoms with Gasteiger partial charge in [0.2, 0.25) is 0 Å². The number of nitrogens with two attached hydrogens (primary N) is 1. The minimum absolute atomic E-state index is 0.155. The molecule has 0 aromatic heterocycles. The number of rotatable bonds is 8. The normalized spacial score (nSPS) is 12.3. The van der Waals surface area contributed by atoms with Gasteiger partial charge < -0.3 is 9.57 Å². The number of aryl methyl sites for hydroxylation is 1. The van der Waals surface area contributed by atoms with E-state index in [9.17, 15) is 13.2 Å². The largest absolute Gasteiger partial charge is 0.465 e. The lowest BCUT2D eigenvalue weighted by Gasteiger charge is -2.17. The zero-order valence-corrected chi connectivity index (χ0v) is 20.8. The number of allylic oxidation sites excluding steroid dienone is 1. The quantitative estimate of drug-likeness (QED) is 0.148. The fourth-order valence-corrected chi connectivity index (χ4v) is 4.42. The van der Waals surface area contributed by atoms with E-state index < -0.39 is 16.1 Å². The van der Waals surface area contributed by atoms with E-state index in [1.165, 1.54) is 6.07 Å². The zero-order chi connectivity index (χ0) is 25.6. The molecule has 0 bridgehead atoms. The molecule has 0 heterocycles. The Labute approximate surface area is 208 Å². The molecule has 8 nitrogen and oxygen atoms in total. The first-order valence-electron chi connectivity index (χ1n) is 10.3. The van der Waals surface area contributed by atoms with Crippen LogP contribution >= 0.6 is 11.6 Å². The van der Waals surface area contributed by atoms with Crippen molar-refractivity contribution in [2.75, 3.05) is 7.11 Å². The van der Waals surface area contributed by atoms with Crippen LogP contribution in [0, 0.1) is 6.92 Å². The second-order valence-corrected chi connectivity index (χ2v) is 9.34. The first-order valence-corrected chi connectivity index (χ1v) is 12.1. The first-order chi connectivity index (χ1) is 16.7. The van der Waals surface area contributed by atoms with Crippen LogP contribution in [0.4, 0.5) is 0 Å². The van der Waals surface area contributed by atoms with E-state index in [4.69, 9.17) is 26.6 Å². The molecule has 0 amide bonds. The van der Waals surface area contributed by atoms with Crippen LogP contribution < -0.4 is 5.90 Å². The molecule has 3 aromatic carbocycles. The van der Waals surface area contributed by atoms with Crippen molar-refractivity contribution >= 4 is 45.2 Å². The number of ether oxygens (including phenoxy) is 1. The summed E-state index contributed by atoms with van der Waals surface area (Å²) in [6, 6.07) is 18.9. The van der Waals surface area contributed by atoms with Crippen LogP contribution in [0.1, 0.15) is 23.6 Å². The molecule has 0 spiro atoms. The maximum atomic E-state index is 13.0. The second kappa shape index (κ2) is 11.2. The lowest BCUT2D eigenvalue weighted by Crippen LogP contribution is -2.08. The highest BCUT2D eigenvalue weighted by Crippen LogP contribution is 2.37. The first kappa shape index (κ1) is 26.0. The number of carbonyl (C=O) groups excluding carboxylic acids is 1. The predicted octanol–water partition coefficient (Wildman–Crippen LogP) is 4.96. The molecular formula is C25H23ClN2O6S. The van der Waals surface area contributed by atoms with Gasteiger partial charge in [0.1, 0.15) is 4.90 Å². The third kappa shape index (κ3) is 6.07. The van der Waals surface area contributed by atoms with Crippen LogP contribution in [0.25, 0.3) is 22.5 Å². The van der Waals surface area contributed by atoms with E-state index in [0.717, 1.165) is 18.2 Å². The summed E-state index contributed by atoms with van der Waals surface area (Å²) in [6.45, 7) is 3.66. The second-order valence-electron chi connectivity index (χ2n) is 7.41. The van der Waals surface area contributed by atoms with Gasteiger partial charge in [-0.2, -0.15) is 14.3 Å². The number of nitrogens with zero attached hydrogens (tertiary/aromatic N) is 1. The number of carbonyl (C=O) groups is 1. The topological polar surface area (TPSA) is 117 Å². The minimum atomic E-state index is -4.39. The van der Waals surface area contributed by atoms with Gasteiger partial charge in [0, 0.05) is 21.7 Å². The predicted molar refractivity (Wildman–Crippen MR) is 135 cm³/mol. The molecular weight excluding hydrogens is 492 g/mol. The van der Waals surface area contributed by atoms with E-state index in [1.807, 2.05) is 26.0 Å². The Balaban J connectivity index is 2.19. The minimum Gasteiger partial charge on any atom is -0.465 e. The Morgan fingerprint density at radius 1 is 1.03 bits per heavy atom. The van der Waals surface area contributed by atoms with Crippen LogP contribution in [0.15, 0.2) is 76.8 Å². The van der Waals surface area contributed by atoms with Crippen molar-refractivity contribution < 1.29 is 27.1 Å². The summed E-state index contributed by atoms with van der Waals surface area (Å²) >= 11 is 6.01. The van der Waals surface area contributed by atoms with Crippen LogP contribution in [-0.4, -0.2) is 27.7 Å². The van der Waals surface area contributed by atoms with Crippen LogP contribution in [-0.2, 0) is 28.8 Å². The molecule has 3 aromatic rings. The monoisotopic (exact) mass is 514 g/mol. The summed E-state index contributed by atoms with van der Waals surface area (Å²) in [4.78, 5) is 16.4. The van der Waals surface area contributed by atoms with Crippen molar-refractivity contribution in [2.45, 2.75) is 18.7 Å². The molecule has 0 atom stereocenters. The van der Waals surface area contributed by atoms with Gasteiger partial charge >= 0.3 is 16.1 Å². The van der Waals surface area contributed by atoms with E-state index in [1.54, 1.807) is 48.5 Å². The lowest BCUT2D eigenvalue weighted by molar-refractivity contribution is -0.132. The zero-order valence-electron chi connectivity index (χ0n) is 19.2. The molecule has 35 heavy (non-hydrogen) atoms. The molecule has 0 radical (unpaired) electrons. The molecule has 10 heteroatoms. The summed E-state index contributed by atoms with van der Waals surface area (Å²) in [5.41, 5.74) is 3.77. The van der Waals surface area contributed by atoms with Crippen molar-refractivity contribution in [1.82, 2.24) is 0 Å². The van der Waals surface area contributed by atoms with Crippen molar-refractivity contribution in [3.63, 3.8) is 0 Å². The van der Waals surface area contributed by atoms with E-state index in [2.05, 4.69) is 9.89 Å². The van der Waals surface area contributed by atoms with Gasteiger partial charge in [-0.25, -0.2) is 4.79 Å². The molecule has 0 aliphatic heterocycles. The smallest absolute Gasteiger partial charge is 0.359 e. The Morgan fingerprint density at radius 2 is 1.71 bits per heavy atom. The molecule has 3 rings (SSSR count). The maximum Gasteiger partial charge on any atom is 0.359 e. The number of halogens is 1. The fraction of sp³-hybridized carbons (Fsp3) is 0.120. The summed E-state index contributed by atoms with van der Waals surface area (Å²) in [6.07, 6.45) is 0.623. The molecule has 182 valence electrons. The average molecular weight is 515 g/mol. The fourth-order valence-electron chi connectivity index (χ4n) is 3.39. The van der Waals surface area contributed by atoms with Crippen molar-refractivity contribution in [2.24, 2.45) is 11.1 Å². The average Bonchev–Trinajstić information content (AvgIpc) is 2.84. The van der Waals surface area contributed by atoms with E-state index in [0.29, 0.717) is 39.3 Å². The van der Waals surface area contributed by atoms with E-state index in [-0.39, 0.29) is 4.90 Å². The van der Waals surface area contributed by atoms with Crippen molar-refractivity contribution in [3.05, 3.63) is 88.4 Å². The standard InChI is InChI=1S/C25H23ClN2O6S/c1-16-8-13-23(35(30,31)34-28-15-24(29)32-3)22(14-16)20-6-4-5-7-21(20)25(33-27)17(2)18-9-11-19(26)12-10-18/h4-15H,27H2,1-3H3. The Bertz CT molecular complexity index is 1400. The number of esters is 1. The van der Waals surface area contributed by atoms with Gasteiger partial charge in [0.05, 0.1) is 7.11 Å². The van der Waals surface area contributed by atoms with Crippen LogP contribution in [0.5, 0.6) is 0 Å². The Hall–Kier alpha value is -3.66. The highest BCUT2D eigenvalue weighted by molar-refractivity contribution is 7.86. The van der Waals surface area contributed by atoms with Gasteiger partial charge in [-0.1, -0.05) is 64.8 Å². The molecule has 0 unspecified atom stereocenters. The van der Waals surface area contributed by atoms with E-state index >= 15 is 0 Å². The summed E-state index contributed by atoms with van der Waals surface area (Å²) < 4.78 is 35.1. The number of hydrogen-bond donors (Lipinski definition) is 1. The highest BCUT2D eigenvalue weighted by Gasteiger charge is 2.24. The van der Waals surface area contributed by atoms with Crippen LogP contribution in [0.3, 0.4) is 0 Å². The third-order valence-electron chi connectivity index (χ3n) is 5.10. The number of benzene rings is 3. The molecule has 0 saturated carbocycles. The maximum absolute atomic E-state index is 13.0. The van der Waals surface area contributed by atoms with Gasteiger partial charge in [0.25, 0.3) is 0 Å². The highest BCUT2D eigenvalue weighted by atomic mass is 35.5. The number of oxime groups is 1. The van der Waals surface area contributed by atoms with Gasteiger partial charge in [-0.3, -0.25) is 4.28 Å². The SMILES string of the molecule is COC(=O)C=NOS(=O)(=O)c1ccc(C)cc1-c1ccccc1C(ON)=C(C)c1ccc(Cl)cc1. The number of methoxy groups -OCH3 is 1. The summed E-state index contributed by atoms with van der Waals surface area (Å²) in [7, 11) is -3.26. The Morgan fingerprint density at radius 3 is 2.37 bits per heavy atom. The molecule has 0 aliphatic rings. The molecule has 0 aliphatic carbocycles. The van der Waals surface area contributed by atoms with Gasteiger partial charge in [0.15, 0.2) is 12.0 Å². The van der Waals surface area contributed by atoms with Crippen LogP contribution in [0.2, 0.25) is 5.02 Å². The van der Waals surface area contributed by atoms with Gasteiger partial charge in [-0.05, 0) is 49.2 Å². The summed E-state index contributed by atoms with van der Waals surface area (Å²) in [5, 5.41) is 3.83. The number of hydrogen-bond acceptors (Lipinski definition) is 8. The van der Waals surface area contributed by atoms with Crippen molar-refractivity contribution in [3.8, 4) is 11.1 Å². The van der Waals surface area contributed by atoms with Gasteiger partial charge in [-0.15, -0.1) is 0 Å². The molecule has 0 saturated heterocycles. The Kier molecular flexibility index (Phi) is 8.29. The molecule has 0 fully saturated rings. The lowest BCUT2D eigenvalue weighted by atomic mass is 9.94. The van der Waals surface area contributed by atoms with Crippen molar-refractivity contribution in [1.29, 1.82) is 0 Å².